The lowest BCUT2D eigenvalue weighted by atomic mass is 10.1. The van der Waals surface area contributed by atoms with E-state index < -0.39 is 53.8 Å². The molecule has 10 N–H and O–H groups in total. The standard InChI is InChI=1S/C19H36N6O6S/c1-11(19(30)31)23-17(28)13(6-7-15(22)26)25-18(29)14(8-10-32-2)24-16(27)12(21)5-3-4-9-20/h11-14H,3-10,20-21H2,1-2H3,(H2,22,26)(H,23,28)(H,24,27)(H,25,29)(H,30,31). The maximum absolute atomic E-state index is 12.8. The first kappa shape index (κ1) is 29.6. The highest BCUT2D eigenvalue weighted by Crippen LogP contribution is 2.06. The molecule has 0 heterocycles. The van der Waals surface area contributed by atoms with Crippen LogP contribution < -0.4 is 33.2 Å². The average molecular weight is 477 g/mol. The highest BCUT2D eigenvalue weighted by molar-refractivity contribution is 7.98. The maximum atomic E-state index is 12.8. The fourth-order valence-electron chi connectivity index (χ4n) is 2.63. The quantitative estimate of drug-likeness (QED) is 0.115. The van der Waals surface area contributed by atoms with E-state index in [9.17, 15) is 24.0 Å². The molecule has 13 heteroatoms. The molecule has 0 spiro atoms. The summed E-state index contributed by atoms with van der Waals surface area (Å²) < 4.78 is 0. The zero-order valence-electron chi connectivity index (χ0n) is 18.6. The normalized spacial score (nSPS) is 14.5. The van der Waals surface area contributed by atoms with Crippen LogP contribution in [0.4, 0.5) is 0 Å². The Morgan fingerprint density at radius 2 is 1.47 bits per heavy atom. The van der Waals surface area contributed by atoms with Gasteiger partial charge in [-0.15, -0.1) is 0 Å². The van der Waals surface area contributed by atoms with Crippen LogP contribution in [0.2, 0.25) is 0 Å². The Labute approximate surface area is 192 Å². The number of primary amides is 1. The number of nitrogens with one attached hydrogen (secondary N) is 3. The molecule has 0 aliphatic rings. The molecule has 0 aliphatic heterocycles. The summed E-state index contributed by atoms with van der Waals surface area (Å²) in [5.41, 5.74) is 16.5. The van der Waals surface area contributed by atoms with E-state index in [0.717, 1.165) is 6.42 Å². The smallest absolute Gasteiger partial charge is 0.325 e. The van der Waals surface area contributed by atoms with E-state index in [2.05, 4.69) is 16.0 Å². The van der Waals surface area contributed by atoms with E-state index in [1.54, 1.807) is 0 Å². The number of amides is 4. The van der Waals surface area contributed by atoms with Crippen LogP contribution in [-0.2, 0) is 24.0 Å². The third-order valence-corrected chi connectivity index (χ3v) is 5.24. The number of hydrogen-bond acceptors (Lipinski definition) is 8. The van der Waals surface area contributed by atoms with Gasteiger partial charge in [-0.05, 0) is 51.2 Å². The Hall–Kier alpha value is -2.38. The molecule has 4 unspecified atom stereocenters. The Kier molecular flexibility index (Phi) is 15.1. The van der Waals surface area contributed by atoms with Gasteiger partial charge in [-0.25, -0.2) is 0 Å². The number of carboxylic acid groups (broad SMARTS) is 1. The lowest BCUT2D eigenvalue weighted by molar-refractivity contribution is -0.142. The van der Waals surface area contributed by atoms with Crippen LogP contribution in [0.5, 0.6) is 0 Å². The molecule has 0 aromatic carbocycles. The molecule has 0 saturated heterocycles. The summed E-state index contributed by atoms with van der Waals surface area (Å²) in [6, 6.07) is -4.18. The van der Waals surface area contributed by atoms with Gasteiger partial charge in [0.2, 0.25) is 23.6 Å². The molecule has 0 aromatic rings. The molecular weight excluding hydrogens is 440 g/mol. The molecule has 12 nitrogen and oxygen atoms in total. The van der Waals surface area contributed by atoms with Gasteiger partial charge in [0, 0.05) is 6.42 Å². The molecule has 0 aliphatic carbocycles. The summed E-state index contributed by atoms with van der Waals surface area (Å²) in [5, 5.41) is 16.3. The Bertz CT molecular complexity index is 650. The summed E-state index contributed by atoms with van der Waals surface area (Å²) in [4.78, 5) is 59.9. The van der Waals surface area contributed by atoms with Crippen molar-refractivity contribution < 1.29 is 29.1 Å². The molecule has 4 atom stereocenters. The lowest BCUT2D eigenvalue weighted by Gasteiger charge is -2.24. The molecule has 0 aromatic heterocycles. The minimum atomic E-state index is -1.26. The Morgan fingerprint density at radius 1 is 0.906 bits per heavy atom. The average Bonchev–Trinajstić information content (AvgIpc) is 2.73. The monoisotopic (exact) mass is 476 g/mol. The molecule has 32 heavy (non-hydrogen) atoms. The molecule has 0 radical (unpaired) electrons. The fraction of sp³-hybridized carbons (Fsp3) is 0.737. The van der Waals surface area contributed by atoms with Crippen LogP contribution in [0.1, 0.15) is 45.4 Å². The SMILES string of the molecule is CSCCC(NC(=O)C(N)CCCCN)C(=O)NC(CCC(N)=O)C(=O)NC(C)C(=O)O. The highest BCUT2D eigenvalue weighted by Gasteiger charge is 2.29. The van der Waals surface area contributed by atoms with Gasteiger partial charge in [0.25, 0.3) is 0 Å². The van der Waals surface area contributed by atoms with Crippen LogP contribution >= 0.6 is 11.8 Å². The number of carboxylic acids is 1. The molecule has 4 amide bonds. The van der Waals surface area contributed by atoms with E-state index in [-0.39, 0.29) is 19.3 Å². The molecule has 184 valence electrons. The number of aliphatic carboxylic acids is 1. The predicted molar refractivity (Wildman–Crippen MR) is 121 cm³/mol. The van der Waals surface area contributed by atoms with Crippen molar-refractivity contribution in [1.29, 1.82) is 0 Å². The van der Waals surface area contributed by atoms with Crippen molar-refractivity contribution in [2.45, 2.75) is 69.6 Å². The number of hydrogen-bond donors (Lipinski definition) is 7. The number of thioether (sulfide) groups is 1. The number of nitrogens with two attached hydrogens (primary N) is 3. The van der Waals surface area contributed by atoms with Gasteiger partial charge in [0.1, 0.15) is 18.1 Å². The summed E-state index contributed by atoms with van der Waals surface area (Å²) in [7, 11) is 0. The van der Waals surface area contributed by atoms with Gasteiger partial charge in [0.15, 0.2) is 0 Å². The Balaban J connectivity index is 5.27. The predicted octanol–water partition coefficient (Wildman–Crippen LogP) is -1.98. The van der Waals surface area contributed by atoms with Crippen molar-refractivity contribution in [3.05, 3.63) is 0 Å². The molecule has 0 rings (SSSR count). The van der Waals surface area contributed by atoms with Crippen LogP contribution in [-0.4, -0.2) is 77.4 Å². The van der Waals surface area contributed by atoms with Crippen LogP contribution in [0, 0.1) is 0 Å². The molecule has 0 saturated carbocycles. The largest absolute Gasteiger partial charge is 0.480 e. The third-order valence-electron chi connectivity index (χ3n) is 4.59. The van der Waals surface area contributed by atoms with E-state index >= 15 is 0 Å². The number of carbonyl (C=O) groups excluding carboxylic acids is 4. The van der Waals surface area contributed by atoms with E-state index in [1.165, 1.54) is 18.7 Å². The highest BCUT2D eigenvalue weighted by atomic mass is 32.2. The first-order chi connectivity index (χ1) is 15.0. The topological polar surface area (TPSA) is 220 Å². The number of rotatable bonds is 17. The minimum Gasteiger partial charge on any atom is -0.480 e. The van der Waals surface area contributed by atoms with Crippen LogP contribution in [0.25, 0.3) is 0 Å². The second kappa shape index (κ2) is 16.3. The second-order valence-corrected chi connectivity index (χ2v) is 8.35. The van der Waals surface area contributed by atoms with Crippen LogP contribution in [0.15, 0.2) is 0 Å². The molecular formula is C19H36N6O6S. The van der Waals surface area contributed by atoms with Gasteiger partial charge in [0.05, 0.1) is 6.04 Å². The molecule has 0 bridgehead atoms. The fourth-order valence-corrected chi connectivity index (χ4v) is 3.10. The van der Waals surface area contributed by atoms with Crippen molar-refractivity contribution in [2.75, 3.05) is 18.6 Å². The zero-order valence-corrected chi connectivity index (χ0v) is 19.4. The van der Waals surface area contributed by atoms with Gasteiger partial charge in [-0.3, -0.25) is 24.0 Å². The number of carbonyl (C=O) groups is 5. The third kappa shape index (κ3) is 12.5. The first-order valence-electron chi connectivity index (χ1n) is 10.4. The van der Waals surface area contributed by atoms with Gasteiger partial charge < -0.3 is 38.3 Å². The minimum absolute atomic E-state index is 0.124. The summed E-state index contributed by atoms with van der Waals surface area (Å²) >= 11 is 1.47. The van der Waals surface area contributed by atoms with Crippen molar-refractivity contribution in [2.24, 2.45) is 17.2 Å². The van der Waals surface area contributed by atoms with Crippen molar-refractivity contribution >= 4 is 41.4 Å². The van der Waals surface area contributed by atoms with E-state index in [1.807, 2.05) is 6.26 Å². The molecule has 0 fully saturated rings. The van der Waals surface area contributed by atoms with E-state index in [4.69, 9.17) is 22.3 Å². The maximum Gasteiger partial charge on any atom is 0.325 e. The van der Waals surface area contributed by atoms with Crippen molar-refractivity contribution in [1.82, 2.24) is 16.0 Å². The second-order valence-electron chi connectivity index (χ2n) is 7.37. The van der Waals surface area contributed by atoms with Crippen LogP contribution in [0.3, 0.4) is 0 Å². The van der Waals surface area contributed by atoms with Gasteiger partial charge >= 0.3 is 5.97 Å². The summed E-state index contributed by atoms with van der Waals surface area (Å²) in [6.45, 7) is 1.75. The lowest BCUT2D eigenvalue weighted by Crippen LogP contribution is -2.57. The summed E-state index contributed by atoms with van der Waals surface area (Å²) in [6.07, 6.45) is 3.60. The van der Waals surface area contributed by atoms with E-state index in [0.29, 0.717) is 25.1 Å². The number of unbranched alkanes of at least 4 members (excludes halogenated alkanes) is 1. The summed E-state index contributed by atoms with van der Waals surface area (Å²) in [5.74, 6) is -3.31. The van der Waals surface area contributed by atoms with Crippen molar-refractivity contribution in [3.8, 4) is 0 Å². The zero-order chi connectivity index (χ0) is 24.7. The van der Waals surface area contributed by atoms with Gasteiger partial charge in [-0.2, -0.15) is 11.8 Å². The van der Waals surface area contributed by atoms with Gasteiger partial charge in [-0.1, -0.05) is 6.42 Å². The Morgan fingerprint density at radius 3 is 2.00 bits per heavy atom. The van der Waals surface area contributed by atoms with Crippen molar-refractivity contribution in [3.63, 3.8) is 0 Å². The first-order valence-corrected chi connectivity index (χ1v) is 11.8.